The maximum atomic E-state index is 13.6. The molecule has 2 aromatic rings. The second kappa shape index (κ2) is 5.62. The third-order valence-electron chi connectivity index (χ3n) is 2.03. The number of nitrogens with one attached hydrogen (secondary N) is 1. The summed E-state index contributed by atoms with van der Waals surface area (Å²) in [6, 6.07) is 1.90. The lowest BCUT2D eigenvalue weighted by Gasteiger charge is -2.08. The molecule has 0 saturated heterocycles. The zero-order chi connectivity index (χ0) is 14.0. The fraction of sp³-hybridized carbons (Fsp3) is 0.100. The Balaban J connectivity index is 2.36. The fourth-order valence-electron chi connectivity index (χ4n) is 1.22. The number of methoxy groups -OCH3 is 1. The predicted molar refractivity (Wildman–Crippen MR) is 68.7 cm³/mol. The first-order valence-corrected chi connectivity index (χ1v) is 6.04. The Kier molecular flexibility index (Phi) is 4.11. The number of nitrogens with zero attached hydrogens (tertiary/aromatic N) is 3. The summed E-state index contributed by atoms with van der Waals surface area (Å²) >= 11 is 8.51. The lowest BCUT2D eigenvalue weighted by atomic mass is 10.3. The molecule has 2 rings (SSSR count). The van der Waals surface area contributed by atoms with Crippen molar-refractivity contribution in [1.82, 2.24) is 15.0 Å². The lowest BCUT2D eigenvalue weighted by Crippen LogP contribution is -2.03. The number of hydrogen-bond acceptors (Lipinski definition) is 5. The first-order chi connectivity index (χ1) is 8.99. The van der Waals surface area contributed by atoms with E-state index in [4.69, 9.17) is 16.3 Å². The van der Waals surface area contributed by atoms with Crippen molar-refractivity contribution in [1.29, 1.82) is 0 Å². The molecule has 1 aromatic carbocycles. The molecule has 0 unspecified atom stereocenters. The number of ether oxygens (including phenoxy) is 1. The van der Waals surface area contributed by atoms with Crippen LogP contribution in [0.4, 0.5) is 20.4 Å². The third-order valence-corrected chi connectivity index (χ3v) is 2.80. The summed E-state index contributed by atoms with van der Waals surface area (Å²) in [5, 5.41) is 2.36. The van der Waals surface area contributed by atoms with Gasteiger partial charge in [-0.3, -0.25) is 0 Å². The predicted octanol–water partition coefficient (Wildman–Crippen LogP) is 3.32. The van der Waals surface area contributed by atoms with E-state index < -0.39 is 11.6 Å². The Bertz CT molecular complexity index is 629. The first-order valence-electron chi connectivity index (χ1n) is 4.86. The highest BCUT2D eigenvalue weighted by molar-refractivity contribution is 9.10. The van der Waals surface area contributed by atoms with Gasteiger partial charge < -0.3 is 10.1 Å². The summed E-state index contributed by atoms with van der Waals surface area (Å²) in [7, 11) is 1.34. The number of aromatic nitrogens is 3. The smallest absolute Gasteiger partial charge is 0.322 e. The molecule has 0 spiro atoms. The van der Waals surface area contributed by atoms with Crippen LogP contribution >= 0.6 is 27.5 Å². The highest BCUT2D eigenvalue weighted by atomic mass is 79.9. The highest BCUT2D eigenvalue weighted by Crippen LogP contribution is 2.25. The lowest BCUT2D eigenvalue weighted by molar-refractivity contribution is 0.379. The van der Waals surface area contributed by atoms with Gasteiger partial charge in [-0.2, -0.15) is 15.0 Å². The van der Waals surface area contributed by atoms with Gasteiger partial charge in [0.05, 0.1) is 17.3 Å². The van der Waals surface area contributed by atoms with E-state index in [0.717, 1.165) is 12.1 Å². The molecule has 5 nitrogen and oxygen atoms in total. The van der Waals surface area contributed by atoms with Gasteiger partial charge in [0, 0.05) is 6.07 Å². The van der Waals surface area contributed by atoms with E-state index in [2.05, 4.69) is 36.2 Å². The molecule has 19 heavy (non-hydrogen) atoms. The molecular formula is C10H6BrClF2N4O. The van der Waals surface area contributed by atoms with Crippen LogP contribution in [0, 0.1) is 11.6 Å². The van der Waals surface area contributed by atoms with Gasteiger partial charge in [-0.25, -0.2) is 8.78 Å². The number of anilines is 2. The van der Waals surface area contributed by atoms with Crippen molar-refractivity contribution in [2.24, 2.45) is 0 Å². The average molecular weight is 352 g/mol. The molecule has 9 heteroatoms. The monoisotopic (exact) mass is 350 g/mol. The van der Waals surface area contributed by atoms with E-state index in [1.807, 2.05) is 0 Å². The molecule has 1 aromatic heterocycles. The molecule has 1 heterocycles. The number of rotatable bonds is 3. The van der Waals surface area contributed by atoms with Gasteiger partial charge in [0.2, 0.25) is 11.2 Å². The normalized spacial score (nSPS) is 10.4. The number of halogens is 4. The van der Waals surface area contributed by atoms with Crippen molar-refractivity contribution >= 4 is 39.2 Å². The average Bonchev–Trinajstić information content (AvgIpc) is 2.35. The molecule has 0 saturated carbocycles. The van der Waals surface area contributed by atoms with E-state index >= 15 is 0 Å². The Labute approximate surface area is 120 Å². The van der Waals surface area contributed by atoms with E-state index in [1.54, 1.807) is 0 Å². The van der Waals surface area contributed by atoms with Crippen molar-refractivity contribution in [2.75, 3.05) is 12.4 Å². The van der Waals surface area contributed by atoms with Crippen molar-refractivity contribution in [3.63, 3.8) is 0 Å². The Morgan fingerprint density at radius 2 is 1.95 bits per heavy atom. The van der Waals surface area contributed by atoms with Gasteiger partial charge >= 0.3 is 6.01 Å². The molecule has 0 aliphatic heterocycles. The van der Waals surface area contributed by atoms with Gasteiger partial charge in [-0.1, -0.05) is 0 Å². The van der Waals surface area contributed by atoms with Crippen LogP contribution in [0.1, 0.15) is 0 Å². The van der Waals surface area contributed by atoms with Gasteiger partial charge in [0.15, 0.2) is 0 Å². The van der Waals surface area contributed by atoms with Crippen molar-refractivity contribution in [3.05, 3.63) is 33.5 Å². The molecule has 0 bridgehead atoms. The van der Waals surface area contributed by atoms with Crippen LogP contribution in [-0.2, 0) is 0 Å². The van der Waals surface area contributed by atoms with Crippen LogP contribution in [0.3, 0.4) is 0 Å². The molecular weight excluding hydrogens is 345 g/mol. The second-order valence-corrected chi connectivity index (χ2v) is 4.48. The zero-order valence-electron chi connectivity index (χ0n) is 9.42. The second-order valence-electron chi connectivity index (χ2n) is 3.29. The summed E-state index contributed by atoms with van der Waals surface area (Å²) in [5.74, 6) is -1.36. The van der Waals surface area contributed by atoms with E-state index in [9.17, 15) is 8.78 Å². The summed E-state index contributed by atoms with van der Waals surface area (Å²) in [6.45, 7) is 0. The van der Waals surface area contributed by atoms with Gasteiger partial charge in [0.1, 0.15) is 11.6 Å². The standard InChI is InChI=1S/C10H6BrClF2N4O/c1-19-10-17-8(12)16-9(18-10)15-7-3-5(13)4(11)2-6(7)14/h2-3H,1H3,(H,15,16,17,18). The maximum absolute atomic E-state index is 13.6. The quantitative estimate of drug-likeness (QED) is 0.860. The van der Waals surface area contributed by atoms with Crippen LogP contribution in [-0.4, -0.2) is 22.1 Å². The third kappa shape index (κ3) is 3.27. The van der Waals surface area contributed by atoms with Gasteiger partial charge in [0.25, 0.3) is 0 Å². The highest BCUT2D eigenvalue weighted by Gasteiger charge is 2.11. The van der Waals surface area contributed by atoms with Crippen LogP contribution in [0.15, 0.2) is 16.6 Å². The number of benzene rings is 1. The Morgan fingerprint density at radius 1 is 1.21 bits per heavy atom. The minimum absolute atomic E-state index is 0.0156. The maximum Gasteiger partial charge on any atom is 0.322 e. The molecule has 100 valence electrons. The van der Waals surface area contributed by atoms with E-state index in [0.29, 0.717) is 0 Å². The topological polar surface area (TPSA) is 59.9 Å². The van der Waals surface area contributed by atoms with Crippen LogP contribution in [0.5, 0.6) is 6.01 Å². The molecule has 0 aliphatic rings. The first kappa shape index (κ1) is 13.9. The van der Waals surface area contributed by atoms with Gasteiger partial charge in [-0.05, 0) is 33.6 Å². The van der Waals surface area contributed by atoms with Gasteiger partial charge in [-0.15, -0.1) is 0 Å². The van der Waals surface area contributed by atoms with E-state index in [1.165, 1.54) is 7.11 Å². The van der Waals surface area contributed by atoms with Crippen LogP contribution in [0.2, 0.25) is 5.28 Å². The Morgan fingerprint density at radius 3 is 2.63 bits per heavy atom. The van der Waals surface area contributed by atoms with Crippen LogP contribution in [0.25, 0.3) is 0 Å². The molecule has 0 atom stereocenters. The molecule has 1 N–H and O–H groups in total. The molecule has 0 amide bonds. The zero-order valence-corrected chi connectivity index (χ0v) is 11.8. The van der Waals surface area contributed by atoms with Crippen LogP contribution < -0.4 is 10.1 Å². The minimum Gasteiger partial charge on any atom is -0.467 e. The fourth-order valence-corrected chi connectivity index (χ4v) is 1.69. The molecule has 0 aliphatic carbocycles. The molecule has 0 fully saturated rings. The van der Waals surface area contributed by atoms with E-state index in [-0.39, 0.29) is 27.4 Å². The summed E-state index contributed by atoms with van der Waals surface area (Å²) in [5.41, 5.74) is -0.134. The largest absolute Gasteiger partial charge is 0.467 e. The van der Waals surface area contributed by atoms with Crippen molar-refractivity contribution in [3.8, 4) is 6.01 Å². The summed E-state index contributed by atoms with van der Waals surface area (Å²) < 4.78 is 31.7. The minimum atomic E-state index is -0.677. The Hall–Kier alpha value is -1.54. The number of hydrogen-bond donors (Lipinski definition) is 1. The molecule has 0 radical (unpaired) electrons. The van der Waals surface area contributed by atoms with Crippen molar-refractivity contribution in [2.45, 2.75) is 0 Å². The summed E-state index contributed by atoms with van der Waals surface area (Å²) in [4.78, 5) is 11.2. The van der Waals surface area contributed by atoms with Crippen molar-refractivity contribution < 1.29 is 13.5 Å². The SMILES string of the molecule is COc1nc(Cl)nc(Nc2cc(F)c(Br)cc2F)n1. The summed E-state index contributed by atoms with van der Waals surface area (Å²) in [6.07, 6.45) is 0.